The molecule has 0 bridgehead atoms. The Kier molecular flexibility index (Phi) is 34.8. The average molecular weight is 540 g/mol. The number of hydrogen-bond acceptors (Lipinski definition) is 3. The van der Waals surface area contributed by atoms with E-state index in [0.29, 0.717) is 13.2 Å². The molecule has 0 unspecified atom stereocenters. The number of aliphatic hydroxyl groups excluding tert-OH is 2. The zero-order valence-electron chi connectivity index (χ0n) is 26.4. The van der Waals surface area contributed by atoms with Gasteiger partial charge in [0.15, 0.2) is 0 Å². The minimum Gasteiger partial charge on any atom is -0.396 e. The van der Waals surface area contributed by atoms with Crippen molar-refractivity contribution in [3.63, 3.8) is 0 Å². The zero-order chi connectivity index (χ0) is 27.6. The molecule has 0 rings (SSSR count). The van der Waals surface area contributed by atoms with Gasteiger partial charge in [-0.2, -0.15) is 0 Å². The lowest BCUT2D eigenvalue weighted by molar-refractivity contribution is 0.254. The molecule has 0 aliphatic heterocycles. The van der Waals surface area contributed by atoms with Crippen molar-refractivity contribution in [2.45, 2.75) is 193 Å². The van der Waals surface area contributed by atoms with Crippen LogP contribution < -0.4 is 0 Å². The molecule has 0 aliphatic carbocycles. The van der Waals surface area contributed by atoms with Crippen LogP contribution in [-0.2, 0) is 0 Å². The highest BCUT2D eigenvalue weighted by Gasteiger charge is 2.05. The summed E-state index contributed by atoms with van der Waals surface area (Å²) < 4.78 is 0. The smallest absolute Gasteiger partial charge is 0.0431 e. The van der Waals surface area contributed by atoms with Gasteiger partial charge in [0.05, 0.1) is 0 Å². The van der Waals surface area contributed by atoms with Crippen molar-refractivity contribution in [1.29, 1.82) is 0 Å². The van der Waals surface area contributed by atoms with Crippen LogP contribution >= 0.6 is 0 Å². The van der Waals surface area contributed by atoms with Crippen LogP contribution in [0.1, 0.15) is 193 Å². The van der Waals surface area contributed by atoms with Gasteiger partial charge in [0.2, 0.25) is 0 Å². The van der Waals surface area contributed by atoms with Gasteiger partial charge in [0.25, 0.3) is 0 Å². The summed E-state index contributed by atoms with van der Waals surface area (Å²) in [5, 5.41) is 17.7. The molecule has 230 valence electrons. The molecule has 2 N–H and O–H groups in total. The Morgan fingerprint density at radius 3 is 0.737 bits per heavy atom. The fourth-order valence-electron chi connectivity index (χ4n) is 5.70. The Balaban J connectivity index is 3.81. The van der Waals surface area contributed by atoms with E-state index in [1.54, 1.807) is 0 Å². The molecule has 0 saturated heterocycles. The summed E-state index contributed by atoms with van der Waals surface area (Å²) in [4.78, 5) is 2.81. The summed E-state index contributed by atoms with van der Waals surface area (Å²) in [5.41, 5.74) is 0. The second-order valence-corrected chi connectivity index (χ2v) is 12.2. The van der Waals surface area contributed by atoms with E-state index >= 15 is 0 Å². The van der Waals surface area contributed by atoms with Crippen LogP contribution in [0.5, 0.6) is 0 Å². The van der Waals surface area contributed by atoms with Crippen LogP contribution in [0.15, 0.2) is 0 Å². The predicted octanol–water partition coefficient (Wildman–Crippen LogP) is 10.6. The van der Waals surface area contributed by atoms with E-state index in [9.17, 15) is 0 Å². The molecular formula is C35H73NO2. The number of rotatable bonds is 34. The van der Waals surface area contributed by atoms with Crippen molar-refractivity contribution in [2.75, 3.05) is 32.8 Å². The van der Waals surface area contributed by atoms with Gasteiger partial charge < -0.3 is 15.1 Å². The summed E-state index contributed by atoms with van der Waals surface area (Å²) in [6, 6.07) is 0. The van der Waals surface area contributed by atoms with Crippen molar-refractivity contribution in [1.82, 2.24) is 4.90 Å². The van der Waals surface area contributed by atoms with E-state index < -0.39 is 0 Å². The highest BCUT2D eigenvalue weighted by Crippen LogP contribution is 2.14. The Labute approximate surface area is 240 Å². The molecule has 3 heteroatoms. The number of nitrogens with zero attached hydrogens (tertiary/aromatic N) is 1. The first kappa shape index (κ1) is 37.9. The molecular weight excluding hydrogens is 466 g/mol. The Morgan fingerprint density at radius 2 is 0.500 bits per heavy atom. The molecule has 3 nitrogen and oxygen atoms in total. The standard InChI is InChI=1S/C35H73NO2/c1-2-3-4-5-16-21-26-31-36(32-27-22-17-12-8-6-10-14-19-24-29-34-37)33-28-23-18-13-9-7-11-15-20-25-30-35-38/h37-38H,2-35H2,1H3. The quantitative estimate of drug-likeness (QED) is 0.0799. The van der Waals surface area contributed by atoms with Crippen molar-refractivity contribution in [2.24, 2.45) is 0 Å². The van der Waals surface area contributed by atoms with Gasteiger partial charge in [-0.1, -0.05) is 161 Å². The first-order chi connectivity index (χ1) is 18.8. The van der Waals surface area contributed by atoms with Crippen LogP contribution in [0.4, 0.5) is 0 Å². The van der Waals surface area contributed by atoms with Crippen LogP contribution in [0.2, 0.25) is 0 Å². The normalized spacial score (nSPS) is 11.7. The van der Waals surface area contributed by atoms with E-state index in [1.807, 2.05) is 0 Å². The highest BCUT2D eigenvalue weighted by molar-refractivity contribution is 4.61. The van der Waals surface area contributed by atoms with E-state index in [4.69, 9.17) is 10.2 Å². The Bertz CT molecular complexity index is 375. The van der Waals surface area contributed by atoms with E-state index in [0.717, 1.165) is 12.8 Å². The van der Waals surface area contributed by atoms with Gasteiger partial charge in [-0.15, -0.1) is 0 Å². The topological polar surface area (TPSA) is 43.7 Å². The lowest BCUT2D eigenvalue weighted by atomic mass is 10.0. The Hall–Kier alpha value is -0.120. The monoisotopic (exact) mass is 540 g/mol. The van der Waals surface area contributed by atoms with Gasteiger partial charge in [0.1, 0.15) is 0 Å². The molecule has 0 aromatic rings. The number of hydrogen-bond donors (Lipinski definition) is 2. The Morgan fingerprint density at radius 1 is 0.289 bits per heavy atom. The van der Waals surface area contributed by atoms with Crippen molar-refractivity contribution < 1.29 is 10.2 Å². The maximum Gasteiger partial charge on any atom is 0.0431 e. The second-order valence-electron chi connectivity index (χ2n) is 12.2. The molecule has 0 aromatic heterocycles. The minimum atomic E-state index is 0.366. The summed E-state index contributed by atoms with van der Waals surface area (Å²) in [6.45, 7) is 7.03. The SMILES string of the molecule is CCCCCCCCCN(CCCCCCCCCCCCCO)CCCCCCCCCCCCCO. The molecule has 38 heavy (non-hydrogen) atoms. The summed E-state index contributed by atoms with van der Waals surface area (Å²) in [5.74, 6) is 0. The van der Waals surface area contributed by atoms with Gasteiger partial charge >= 0.3 is 0 Å². The lowest BCUT2D eigenvalue weighted by Gasteiger charge is -2.22. The van der Waals surface area contributed by atoms with Gasteiger partial charge in [-0.3, -0.25) is 0 Å². The summed E-state index contributed by atoms with van der Waals surface area (Å²) in [6.07, 6.45) is 39.5. The number of aliphatic hydroxyl groups is 2. The largest absolute Gasteiger partial charge is 0.396 e. The maximum atomic E-state index is 8.85. The fourth-order valence-corrected chi connectivity index (χ4v) is 5.70. The van der Waals surface area contributed by atoms with E-state index in [2.05, 4.69) is 11.8 Å². The molecule has 0 aliphatic rings. The molecule has 0 heterocycles. The third kappa shape index (κ3) is 32.1. The van der Waals surface area contributed by atoms with Gasteiger partial charge in [-0.25, -0.2) is 0 Å². The van der Waals surface area contributed by atoms with Crippen molar-refractivity contribution >= 4 is 0 Å². The first-order valence-electron chi connectivity index (χ1n) is 17.8. The minimum absolute atomic E-state index is 0.366. The molecule has 0 atom stereocenters. The fraction of sp³-hybridized carbons (Fsp3) is 1.00. The molecule has 0 spiro atoms. The zero-order valence-corrected chi connectivity index (χ0v) is 26.4. The van der Waals surface area contributed by atoms with Crippen LogP contribution in [-0.4, -0.2) is 48.0 Å². The first-order valence-corrected chi connectivity index (χ1v) is 17.8. The van der Waals surface area contributed by atoms with Gasteiger partial charge in [-0.05, 0) is 51.7 Å². The van der Waals surface area contributed by atoms with E-state index in [-0.39, 0.29) is 0 Å². The maximum absolute atomic E-state index is 8.85. The molecule has 0 fully saturated rings. The average Bonchev–Trinajstić information content (AvgIpc) is 2.93. The molecule has 0 amide bonds. The van der Waals surface area contributed by atoms with Crippen LogP contribution in [0.3, 0.4) is 0 Å². The third-order valence-corrected chi connectivity index (χ3v) is 8.34. The highest BCUT2D eigenvalue weighted by atomic mass is 16.3. The van der Waals surface area contributed by atoms with E-state index in [1.165, 1.54) is 193 Å². The van der Waals surface area contributed by atoms with Crippen molar-refractivity contribution in [3.05, 3.63) is 0 Å². The summed E-state index contributed by atoms with van der Waals surface area (Å²) in [7, 11) is 0. The number of unbranched alkanes of at least 4 members (excludes halogenated alkanes) is 26. The second kappa shape index (κ2) is 34.9. The predicted molar refractivity (Wildman–Crippen MR) is 170 cm³/mol. The van der Waals surface area contributed by atoms with Gasteiger partial charge in [0, 0.05) is 13.2 Å². The molecule has 0 aromatic carbocycles. The summed E-state index contributed by atoms with van der Waals surface area (Å²) >= 11 is 0. The third-order valence-electron chi connectivity index (χ3n) is 8.34. The van der Waals surface area contributed by atoms with Crippen LogP contribution in [0.25, 0.3) is 0 Å². The van der Waals surface area contributed by atoms with Crippen molar-refractivity contribution in [3.8, 4) is 0 Å². The lowest BCUT2D eigenvalue weighted by Crippen LogP contribution is -2.27. The molecule has 0 saturated carbocycles. The van der Waals surface area contributed by atoms with Crippen LogP contribution in [0, 0.1) is 0 Å². The molecule has 0 radical (unpaired) electrons.